The number of hydrogen-bond acceptors (Lipinski definition) is 3. The van der Waals surface area contributed by atoms with Gasteiger partial charge in [-0.15, -0.1) is 0 Å². The van der Waals surface area contributed by atoms with Crippen LogP contribution in [0.3, 0.4) is 0 Å². The molecule has 5 heteroatoms. The minimum absolute atomic E-state index is 0.0844. The zero-order valence-electron chi connectivity index (χ0n) is 11.5. The Balaban J connectivity index is 1.78. The minimum atomic E-state index is -0.248. The zero-order valence-corrected chi connectivity index (χ0v) is 11.5. The van der Waals surface area contributed by atoms with Crippen molar-refractivity contribution < 1.29 is 9.59 Å². The third kappa shape index (κ3) is 2.53. The number of nitrogens with zero attached hydrogens (tertiary/aromatic N) is 3. The number of carbonyl (C=O) groups is 2. The molecule has 1 unspecified atom stereocenters. The van der Waals surface area contributed by atoms with E-state index in [-0.39, 0.29) is 17.9 Å². The summed E-state index contributed by atoms with van der Waals surface area (Å²) in [4.78, 5) is 32.6. The van der Waals surface area contributed by atoms with Crippen molar-refractivity contribution in [1.29, 1.82) is 0 Å². The quantitative estimate of drug-likeness (QED) is 0.813. The van der Waals surface area contributed by atoms with E-state index in [0.29, 0.717) is 19.5 Å². The van der Waals surface area contributed by atoms with Gasteiger partial charge in [0.25, 0.3) is 0 Å². The Labute approximate surface area is 118 Å². The van der Waals surface area contributed by atoms with E-state index in [1.54, 1.807) is 16.0 Å². The molecule has 0 aliphatic carbocycles. The number of carbonyl (C=O) groups excluding carboxylic acids is 2. The van der Waals surface area contributed by atoms with Crippen LogP contribution in [0.25, 0.3) is 0 Å². The number of piperidine rings is 1. The second-order valence-corrected chi connectivity index (χ2v) is 5.43. The van der Waals surface area contributed by atoms with E-state index >= 15 is 0 Å². The van der Waals surface area contributed by atoms with Crippen molar-refractivity contribution >= 4 is 11.8 Å². The van der Waals surface area contributed by atoms with Crippen molar-refractivity contribution in [3.63, 3.8) is 0 Å². The smallest absolute Gasteiger partial charge is 0.245 e. The van der Waals surface area contributed by atoms with E-state index in [2.05, 4.69) is 4.98 Å². The highest BCUT2D eigenvalue weighted by Gasteiger charge is 2.37. The van der Waals surface area contributed by atoms with Crippen molar-refractivity contribution in [3.05, 3.63) is 30.1 Å². The summed E-state index contributed by atoms with van der Waals surface area (Å²) in [7, 11) is 0. The van der Waals surface area contributed by atoms with Gasteiger partial charge in [0.15, 0.2) is 0 Å². The third-order valence-electron chi connectivity index (χ3n) is 4.09. The van der Waals surface area contributed by atoms with Crippen molar-refractivity contribution in [2.45, 2.75) is 38.3 Å². The average Bonchev–Trinajstić information content (AvgIpc) is 2.61. The SMILES string of the molecule is O=C1C2CCCCN2C(=O)CCN1Cc1ccccn1. The third-order valence-corrected chi connectivity index (χ3v) is 4.09. The monoisotopic (exact) mass is 273 g/mol. The molecule has 0 saturated carbocycles. The summed E-state index contributed by atoms with van der Waals surface area (Å²) < 4.78 is 0. The maximum atomic E-state index is 12.6. The minimum Gasteiger partial charge on any atom is -0.334 e. The molecule has 1 aromatic heterocycles. The van der Waals surface area contributed by atoms with Crippen LogP contribution in [0.4, 0.5) is 0 Å². The molecule has 1 atom stereocenters. The topological polar surface area (TPSA) is 53.5 Å². The molecule has 2 saturated heterocycles. The van der Waals surface area contributed by atoms with Gasteiger partial charge in [0.1, 0.15) is 6.04 Å². The van der Waals surface area contributed by atoms with Gasteiger partial charge in [-0.1, -0.05) is 6.07 Å². The molecule has 2 amide bonds. The number of amides is 2. The fourth-order valence-electron chi connectivity index (χ4n) is 3.03. The van der Waals surface area contributed by atoms with Crippen LogP contribution in [0.1, 0.15) is 31.4 Å². The first kappa shape index (κ1) is 13.1. The summed E-state index contributed by atoms with van der Waals surface area (Å²) in [6.07, 6.45) is 4.99. The van der Waals surface area contributed by atoms with Gasteiger partial charge in [-0.05, 0) is 31.4 Å². The summed E-state index contributed by atoms with van der Waals surface area (Å²) >= 11 is 0. The molecule has 0 aromatic carbocycles. The molecular formula is C15H19N3O2. The van der Waals surface area contributed by atoms with E-state index in [1.165, 1.54) is 0 Å². The number of pyridine rings is 1. The normalized spacial score (nSPS) is 23.5. The number of fused-ring (bicyclic) bond motifs is 1. The van der Waals surface area contributed by atoms with Crippen molar-refractivity contribution in [3.8, 4) is 0 Å². The first-order valence-corrected chi connectivity index (χ1v) is 7.24. The fourth-order valence-corrected chi connectivity index (χ4v) is 3.03. The van der Waals surface area contributed by atoms with E-state index in [0.717, 1.165) is 31.5 Å². The molecule has 5 nitrogen and oxygen atoms in total. The molecule has 1 aromatic rings. The van der Waals surface area contributed by atoms with Crippen LogP contribution in [0, 0.1) is 0 Å². The molecule has 3 heterocycles. The van der Waals surface area contributed by atoms with E-state index in [9.17, 15) is 9.59 Å². The van der Waals surface area contributed by atoms with Gasteiger partial charge in [-0.3, -0.25) is 14.6 Å². The molecule has 106 valence electrons. The molecule has 2 aliphatic heterocycles. The average molecular weight is 273 g/mol. The highest BCUT2D eigenvalue weighted by atomic mass is 16.2. The van der Waals surface area contributed by atoms with E-state index in [1.807, 2.05) is 18.2 Å². The van der Waals surface area contributed by atoms with Gasteiger partial charge < -0.3 is 9.80 Å². The Kier molecular flexibility index (Phi) is 3.67. The van der Waals surface area contributed by atoms with Gasteiger partial charge in [-0.25, -0.2) is 0 Å². The van der Waals surface area contributed by atoms with Gasteiger partial charge in [0.2, 0.25) is 11.8 Å². The summed E-state index contributed by atoms with van der Waals surface area (Å²) in [6, 6.07) is 5.45. The predicted molar refractivity (Wildman–Crippen MR) is 73.6 cm³/mol. The molecule has 0 radical (unpaired) electrons. The number of hydrogen-bond donors (Lipinski definition) is 0. The molecule has 0 spiro atoms. The Morgan fingerprint density at radius 3 is 2.90 bits per heavy atom. The van der Waals surface area contributed by atoms with Crippen molar-refractivity contribution in [2.24, 2.45) is 0 Å². The van der Waals surface area contributed by atoms with Crippen LogP contribution in [-0.2, 0) is 16.1 Å². The maximum absolute atomic E-state index is 12.6. The first-order valence-electron chi connectivity index (χ1n) is 7.24. The second-order valence-electron chi connectivity index (χ2n) is 5.43. The van der Waals surface area contributed by atoms with Crippen LogP contribution in [0.5, 0.6) is 0 Å². The highest BCUT2D eigenvalue weighted by Crippen LogP contribution is 2.23. The summed E-state index contributed by atoms with van der Waals surface area (Å²) in [5, 5.41) is 0. The lowest BCUT2D eigenvalue weighted by molar-refractivity contribution is -0.143. The zero-order chi connectivity index (χ0) is 13.9. The first-order chi connectivity index (χ1) is 9.75. The molecule has 0 bridgehead atoms. The highest BCUT2D eigenvalue weighted by molar-refractivity contribution is 5.90. The van der Waals surface area contributed by atoms with Crippen LogP contribution in [-0.4, -0.2) is 45.7 Å². The van der Waals surface area contributed by atoms with E-state index in [4.69, 9.17) is 0 Å². The molecule has 20 heavy (non-hydrogen) atoms. The number of aromatic nitrogens is 1. The summed E-state index contributed by atoms with van der Waals surface area (Å²) in [5.41, 5.74) is 0.873. The molecule has 3 rings (SSSR count). The second kappa shape index (κ2) is 5.61. The maximum Gasteiger partial charge on any atom is 0.245 e. The van der Waals surface area contributed by atoms with Crippen molar-refractivity contribution in [2.75, 3.05) is 13.1 Å². The van der Waals surface area contributed by atoms with Gasteiger partial charge in [0, 0.05) is 25.7 Å². The fraction of sp³-hybridized carbons (Fsp3) is 0.533. The standard InChI is InChI=1S/C15H19N3O2/c19-14-7-10-17(11-12-5-1-3-8-16-12)15(20)13-6-2-4-9-18(13)14/h1,3,5,8,13H,2,4,6-7,9-11H2. The van der Waals surface area contributed by atoms with Crippen LogP contribution in [0.2, 0.25) is 0 Å². The van der Waals surface area contributed by atoms with Crippen LogP contribution in [0.15, 0.2) is 24.4 Å². The van der Waals surface area contributed by atoms with Gasteiger partial charge in [-0.2, -0.15) is 0 Å². The summed E-state index contributed by atoms with van der Waals surface area (Å²) in [6.45, 7) is 1.73. The Bertz CT molecular complexity index is 503. The van der Waals surface area contributed by atoms with Crippen molar-refractivity contribution in [1.82, 2.24) is 14.8 Å². The van der Waals surface area contributed by atoms with Gasteiger partial charge >= 0.3 is 0 Å². The lowest BCUT2D eigenvalue weighted by Gasteiger charge is -2.34. The van der Waals surface area contributed by atoms with Crippen LogP contribution >= 0.6 is 0 Å². The predicted octanol–water partition coefficient (Wildman–Crippen LogP) is 1.19. The molecular weight excluding hydrogens is 254 g/mol. The lowest BCUT2D eigenvalue weighted by Crippen LogP contribution is -2.49. The van der Waals surface area contributed by atoms with Gasteiger partial charge in [0.05, 0.1) is 12.2 Å². The largest absolute Gasteiger partial charge is 0.334 e. The number of rotatable bonds is 2. The lowest BCUT2D eigenvalue weighted by atomic mass is 10.0. The van der Waals surface area contributed by atoms with Crippen LogP contribution < -0.4 is 0 Å². The molecule has 2 aliphatic rings. The molecule has 2 fully saturated rings. The Hall–Kier alpha value is -1.91. The summed E-state index contributed by atoms with van der Waals surface area (Å²) in [5.74, 6) is 0.202. The Morgan fingerprint density at radius 1 is 1.20 bits per heavy atom. The molecule has 0 N–H and O–H groups in total. The van der Waals surface area contributed by atoms with E-state index < -0.39 is 0 Å². The Morgan fingerprint density at radius 2 is 2.10 bits per heavy atom.